The normalized spacial score (nSPS) is 15.4. The van der Waals surface area contributed by atoms with Crippen molar-refractivity contribution in [2.75, 3.05) is 18.0 Å². The third kappa shape index (κ3) is 3.10. The zero-order valence-corrected chi connectivity index (χ0v) is 13.5. The van der Waals surface area contributed by atoms with Crippen molar-refractivity contribution < 1.29 is 4.79 Å². The van der Waals surface area contributed by atoms with Crippen LogP contribution in [-0.2, 0) is 0 Å². The standard InChI is InChI=1S/C17H18N6O2/c24-15(11-4-2-1-3-5-11)19-12-6-8-23(9-7-12)17-20-14-13(10-18-22-14)16(25)21-17/h1-5,10,12H,6-9H2,(H,19,24)(H2,18,20,21,22,25). The van der Waals surface area contributed by atoms with Gasteiger partial charge in [-0.15, -0.1) is 0 Å². The lowest BCUT2D eigenvalue weighted by Crippen LogP contribution is -2.45. The maximum atomic E-state index is 12.2. The molecule has 128 valence electrons. The molecule has 25 heavy (non-hydrogen) atoms. The summed E-state index contributed by atoms with van der Waals surface area (Å²) in [6.07, 6.45) is 3.06. The minimum atomic E-state index is -0.201. The number of piperidine rings is 1. The molecule has 8 nitrogen and oxygen atoms in total. The zero-order valence-electron chi connectivity index (χ0n) is 13.5. The summed E-state index contributed by atoms with van der Waals surface area (Å²) in [5, 5.41) is 10.1. The lowest BCUT2D eigenvalue weighted by atomic mass is 10.0. The highest BCUT2D eigenvalue weighted by molar-refractivity contribution is 5.94. The predicted octanol–water partition coefficient (Wildman–Crippen LogP) is 1.04. The number of benzene rings is 1. The van der Waals surface area contributed by atoms with Gasteiger partial charge >= 0.3 is 0 Å². The highest BCUT2D eigenvalue weighted by atomic mass is 16.1. The summed E-state index contributed by atoms with van der Waals surface area (Å²) in [7, 11) is 0. The molecule has 0 spiro atoms. The molecule has 0 bridgehead atoms. The van der Waals surface area contributed by atoms with Crippen LogP contribution in [0, 0.1) is 0 Å². The number of nitrogens with one attached hydrogen (secondary N) is 3. The highest BCUT2D eigenvalue weighted by Gasteiger charge is 2.23. The third-order valence-electron chi connectivity index (χ3n) is 4.47. The Bertz CT molecular complexity index is 940. The number of carbonyl (C=O) groups is 1. The molecule has 1 aliphatic heterocycles. The molecular formula is C17H18N6O2. The number of anilines is 1. The van der Waals surface area contributed by atoms with E-state index in [1.165, 1.54) is 6.20 Å². The second kappa shape index (κ2) is 6.39. The van der Waals surface area contributed by atoms with Gasteiger partial charge in [-0.3, -0.25) is 19.7 Å². The van der Waals surface area contributed by atoms with Gasteiger partial charge in [0.05, 0.1) is 6.20 Å². The second-order valence-corrected chi connectivity index (χ2v) is 6.12. The monoisotopic (exact) mass is 338 g/mol. The maximum absolute atomic E-state index is 12.2. The van der Waals surface area contributed by atoms with E-state index < -0.39 is 0 Å². The number of aromatic amines is 2. The van der Waals surface area contributed by atoms with Gasteiger partial charge in [0.2, 0.25) is 5.95 Å². The van der Waals surface area contributed by atoms with Crippen molar-refractivity contribution in [2.24, 2.45) is 0 Å². The van der Waals surface area contributed by atoms with Gasteiger partial charge in [0.1, 0.15) is 5.39 Å². The van der Waals surface area contributed by atoms with Crippen LogP contribution in [-0.4, -0.2) is 45.2 Å². The average molecular weight is 338 g/mol. The number of rotatable bonds is 3. The van der Waals surface area contributed by atoms with Crippen LogP contribution in [0.1, 0.15) is 23.2 Å². The number of nitrogens with zero attached hydrogens (tertiary/aromatic N) is 3. The Hall–Kier alpha value is -3.16. The summed E-state index contributed by atoms with van der Waals surface area (Å²) in [4.78, 5) is 33.5. The van der Waals surface area contributed by atoms with Crippen molar-refractivity contribution in [1.29, 1.82) is 0 Å². The SMILES string of the molecule is O=C(NC1CCN(c2nc3[nH]ncc3c(=O)[nH]2)CC1)c1ccccc1. The Labute approximate surface area is 143 Å². The van der Waals surface area contributed by atoms with E-state index in [9.17, 15) is 9.59 Å². The molecule has 1 aromatic carbocycles. The molecule has 3 heterocycles. The summed E-state index contributed by atoms with van der Waals surface area (Å²) in [6, 6.07) is 9.32. The number of amides is 1. The van der Waals surface area contributed by atoms with Gasteiger partial charge < -0.3 is 10.2 Å². The molecule has 0 atom stereocenters. The molecule has 0 radical (unpaired) electrons. The Kier molecular flexibility index (Phi) is 3.93. The van der Waals surface area contributed by atoms with E-state index >= 15 is 0 Å². The van der Waals surface area contributed by atoms with E-state index in [2.05, 4.69) is 25.5 Å². The Balaban J connectivity index is 1.41. The molecule has 4 rings (SSSR count). The van der Waals surface area contributed by atoms with Crippen molar-refractivity contribution >= 4 is 22.9 Å². The van der Waals surface area contributed by atoms with Crippen LogP contribution in [0.3, 0.4) is 0 Å². The summed E-state index contributed by atoms with van der Waals surface area (Å²) >= 11 is 0. The lowest BCUT2D eigenvalue weighted by Gasteiger charge is -2.32. The molecule has 1 amide bonds. The zero-order chi connectivity index (χ0) is 17.2. The van der Waals surface area contributed by atoms with Crippen molar-refractivity contribution in [3.05, 3.63) is 52.4 Å². The molecule has 0 unspecified atom stereocenters. The number of carbonyl (C=O) groups excluding carboxylic acids is 1. The number of hydrogen-bond donors (Lipinski definition) is 3. The molecule has 1 saturated heterocycles. The quantitative estimate of drug-likeness (QED) is 0.662. The summed E-state index contributed by atoms with van der Waals surface area (Å²) in [6.45, 7) is 1.42. The Morgan fingerprint density at radius 3 is 2.72 bits per heavy atom. The van der Waals surface area contributed by atoms with Crippen LogP contribution in [0.15, 0.2) is 41.3 Å². The molecule has 8 heteroatoms. The van der Waals surface area contributed by atoms with Gasteiger partial charge in [0, 0.05) is 24.7 Å². The van der Waals surface area contributed by atoms with E-state index in [0.717, 1.165) is 12.8 Å². The van der Waals surface area contributed by atoms with E-state index in [4.69, 9.17) is 0 Å². The van der Waals surface area contributed by atoms with Crippen molar-refractivity contribution in [3.63, 3.8) is 0 Å². The summed E-state index contributed by atoms with van der Waals surface area (Å²) in [5.74, 6) is 0.485. The van der Waals surface area contributed by atoms with Gasteiger partial charge in [-0.2, -0.15) is 10.1 Å². The van der Waals surface area contributed by atoms with Crippen LogP contribution < -0.4 is 15.8 Å². The van der Waals surface area contributed by atoms with Gasteiger partial charge in [0.15, 0.2) is 5.65 Å². The Morgan fingerprint density at radius 2 is 1.96 bits per heavy atom. The van der Waals surface area contributed by atoms with E-state index in [1.807, 2.05) is 23.1 Å². The Morgan fingerprint density at radius 1 is 1.20 bits per heavy atom. The molecular weight excluding hydrogens is 320 g/mol. The van der Waals surface area contributed by atoms with Gasteiger partial charge in [-0.25, -0.2) is 0 Å². The minimum Gasteiger partial charge on any atom is -0.349 e. The average Bonchev–Trinajstić information content (AvgIpc) is 3.12. The van der Waals surface area contributed by atoms with Crippen LogP contribution >= 0.6 is 0 Å². The van der Waals surface area contributed by atoms with E-state index in [-0.39, 0.29) is 17.5 Å². The second-order valence-electron chi connectivity index (χ2n) is 6.12. The molecule has 0 saturated carbocycles. The van der Waals surface area contributed by atoms with Crippen LogP contribution in [0.5, 0.6) is 0 Å². The first-order valence-electron chi connectivity index (χ1n) is 8.25. The first-order valence-corrected chi connectivity index (χ1v) is 8.25. The largest absolute Gasteiger partial charge is 0.349 e. The van der Waals surface area contributed by atoms with Crippen molar-refractivity contribution in [2.45, 2.75) is 18.9 Å². The van der Waals surface area contributed by atoms with Crippen LogP contribution in [0.25, 0.3) is 11.0 Å². The number of H-pyrrole nitrogens is 2. The van der Waals surface area contributed by atoms with Crippen molar-refractivity contribution in [3.8, 4) is 0 Å². The van der Waals surface area contributed by atoms with Gasteiger partial charge in [-0.05, 0) is 25.0 Å². The lowest BCUT2D eigenvalue weighted by molar-refractivity contribution is 0.0931. The van der Waals surface area contributed by atoms with E-state index in [1.54, 1.807) is 12.1 Å². The summed E-state index contributed by atoms with van der Waals surface area (Å²) < 4.78 is 0. The molecule has 2 aromatic heterocycles. The van der Waals surface area contributed by atoms with Gasteiger partial charge in [-0.1, -0.05) is 18.2 Å². The van der Waals surface area contributed by atoms with E-state index in [0.29, 0.717) is 35.6 Å². The molecule has 0 aliphatic carbocycles. The fraction of sp³-hybridized carbons (Fsp3) is 0.294. The fourth-order valence-corrected chi connectivity index (χ4v) is 3.08. The van der Waals surface area contributed by atoms with Crippen molar-refractivity contribution in [1.82, 2.24) is 25.5 Å². The summed E-state index contributed by atoms with van der Waals surface area (Å²) in [5.41, 5.74) is 0.951. The molecule has 1 aliphatic rings. The fourth-order valence-electron chi connectivity index (χ4n) is 3.08. The number of aromatic nitrogens is 4. The molecule has 3 N–H and O–H groups in total. The minimum absolute atomic E-state index is 0.0514. The maximum Gasteiger partial charge on any atom is 0.263 e. The van der Waals surface area contributed by atoms with Crippen LogP contribution in [0.4, 0.5) is 5.95 Å². The first-order chi connectivity index (χ1) is 12.2. The topological polar surface area (TPSA) is 107 Å². The number of hydrogen-bond acceptors (Lipinski definition) is 5. The predicted molar refractivity (Wildman–Crippen MR) is 93.7 cm³/mol. The smallest absolute Gasteiger partial charge is 0.263 e. The molecule has 1 fully saturated rings. The van der Waals surface area contributed by atoms with Crippen LogP contribution in [0.2, 0.25) is 0 Å². The highest BCUT2D eigenvalue weighted by Crippen LogP contribution is 2.17. The molecule has 3 aromatic rings. The van der Waals surface area contributed by atoms with Gasteiger partial charge in [0.25, 0.3) is 11.5 Å². The number of fused-ring (bicyclic) bond motifs is 1. The third-order valence-corrected chi connectivity index (χ3v) is 4.47. The first kappa shape index (κ1) is 15.4.